The van der Waals surface area contributed by atoms with Crippen LogP contribution >= 0.6 is 0 Å². The summed E-state index contributed by atoms with van der Waals surface area (Å²) in [6, 6.07) is 12.6. The Hall–Kier alpha value is -3.22. The van der Waals surface area contributed by atoms with Gasteiger partial charge in [0.15, 0.2) is 11.5 Å². The molecule has 0 spiro atoms. The summed E-state index contributed by atoms with van der Waals surface area (Å²) in [5, 5.41) is 2.82. The average Bonchev–Trinajstić information content (AvgIpc) is 2.71. The number of carbonyl (C=O) groups excluding carboxylic acids is 2. The summed E-state index contributed by atoms with van der Waals surface area (Å²) in [5.74, 6) is 1.67. The standard InChI is InChI=1S/C21H26N2O5/c1-15(24)23(14-16-5-10-19(27-3)20(13-16)28-4)12-11-21(25)22-17-6-8-18(26-2)9-7-17/h5-10,13H,11-12,14H2,1-4H3,(H,22,25). The lowest BCUT2D eigenvalue weighted by atomic mass is 10.1. The second kappa shape index (κ2) is 10.2. The average molecular weight is 386 g/mol. The minimum atomic E-state index is -0.163. The highest BCUT2D eigenvalue weighted by Gasteiger charge is 2.14. The zero-order valence-corrected chi connectivity index (χ0v) is 16.7. The molecule has 0 bridgehead atoms. The van der Waals surface area contributed by atoms with E-state index < -0.39 is 0 Å². The molecule has 0 saturated heterocycles. The number of rotatable bonds is 9. The Labute approximate surface area is 165 Å². The lowest BCUT2D eigenvalue weighted by Crippen LogP contribution is -2.31. The summed E-state index contributed by atoms with van der Waals surface area (Å²) in [6.07, 6.45) is 0.193. The normalized spacial score (nSPS) is 10.1. The van der Waals surface area contributed by atoms with Gasteiger partial charge >= 0.3 is 0 Å². The van der Waals surface area contributed by atoms with Crippen molar-refractivity contribution in [2.24, 2.45) is 0 Å². The van der Waals surface area contributed by atoms with Crippen LogP contribution in [-0.4, -0.2) is 44.6 Å². The Bertz CT molecular complexity index is 805. The van der Waals surface area contributed by atoms with Crippen LogP contribution in [0.1, 0.15) is 18.9 Å². The lowest BCUT2D eigenvalue weighted by Gasteiger charge is -2.21. The second-order valence-electron chi connectivity index (χ2n) is 6.16. The van der Waals surface area contributed by atoms with E-state index in [1.54, 1.807) is 56.6 Å². The molecule has 1 N–H and O–H groups in total. The van der Waals surface area contributed by atoms with E-state index in [2.05, 4.69) is 5.32 Å². The molecule has 0 unspecified atom stereocenters. The highest BCUT2D eigenvalue weighted by molar-refractivity contribution is 5.91. The molecule has 0 heterocycles. The van der Waals surface area contributed by atoms with Crippen molar-refractivity contribution in [2.75, 3.05) is 33.2 Å². The van der Waals surface area contributed by atoms with Crippen molar-refractivity contribution in [1.29, 1.82) is 0 Å². The van der Waals surface area contributed by atoms with Crippen LogP contribution in [0.25, 0.3) is 0 Å². The van der Waals surface area contributed by atoms with Gasteiger partial charge in [0.25, 0.3) is 0 Å². The Morgan fingerprint density at radius 2 is 1.61 bits per heavy atom. The third kappa shape index (κ3) is 5.90. The molecule has 28 heavy (non-hydrogen) atoms. The number of amides is 2. The highest BCUT2D eigenvalue weighted by Crippen LogP contribution is 2.28. The number of hydrogen-bond acceptors (Lipinski definition) is 5. The molecule has 0 atom stereocenters. The molecular weight excluding hydrogens is 360 g/mol. The molecule has 0 aromatic heterocycles. The van der Waals surface area contributed by atoms with Crippen LogP contribution in [0.5, 0.6) is 17.2 Å². The molecule has 0 aliphatic heterocycles. The number of methoxy groups -OCH3 is 3. The number of nitrogens with zero attached hydrogens (tertiary/aromatic N) is 1. The van der Waals surface area contributed by atoms with Crippen molar-refractivity contribution >= 4 is 17.5 Å². The van der Waals surface area contributed by atoms with E-state index >= 15 is 0 Å². The maximum Gasteiger partial charge on any atom is 0.226 e. The molecule has 2 aromatic carbocycles. The number of ether oxygens (including phenoxy) is 3. The predicted octanol–water partition coefficient (Wildman–Crippen LogP) is 3.09. The van der Waals surface area contributed by atoms with Gasteiger partial charge in [0, 0.05) is 32.1 Å². The summed E-state index contributed by atoms with van der Waals surface area (Å²) in [6.45, 7) is 2.18. The minimum Gasteiger partial charge on any atom is -0.497 e. The largest absolute Gasteiger partial charge is 0.497 e. The van der Waals surface area contributed by atoms with Gasteiger partial charge in [-0.25, -0.2) is 0 Å². The van der Waals surface area contributed by atoms with Crippen LogP contribution in [-0.2, 0) is 16.1 Å². The molecule has 0 fully saturated rings. The van der Waals surface area contributed by atoms with Gasteiger partial charge in [0.2, 0.25) is 11.8 Å². The summed E-state index contributed by atoms with van der Waals surface area (Å²) in [7, 11) is 4.72. The van der Waals surface area contributed by atoms with Gasteiger partial charge < -0.3 is 24.4 Å². The smallest absolute Gasteiger partial charge is 0.226 e. The first kappa shape index (κ1) is 21.1. The summed E-state index contributed by atoms with van der Waals surface area (Å²) >= 11 is 0. The molecule has 150 valence electrons. The quantitative estimate of drug-likeness (QED) is 0.717. The van der Waals surface area contributed by atoms with Crippen molar-refractivity contribution in [1.82, 2.24) is 4.90 Å². The minimum absolute atomic E-state index is 0.105. The van der Waals surface area contributed by atoms with Crippen LogP contribution in [0.4, 0.5) is 5.69 Å². The topological polar surface area (TPSA) is 77.1 Å². The van der Waals surface area contributed by atoms with Gasteiger partial charge in [-0.1, -0.05) is 6.07 Å². The van der Waals surface area contributed by atoms with Gasteiger partial charge in [-0.05, 0) is 42.0 Å². The van der Waals surface area contributed by atoms with Gasteiger partial charge in [0.1, 0.15) is 5.75 Å². The van der Waals surface area contributed by atoms with E-state index in [-0.39, 0.29) is 18.2 Å². The fraction of sp³-hybridized carbons (Fsp3) is 0.333. The van der Waals surface area contributed by atoms with E-state index in [1.807, 2.05) is 12.1 Å². The molecule has 7 heteroatoms. The van der Waals surface area contributed by atoms with Crippen molar-refractivity contribution in [2.45, 2.75) is 19.9 Å². The number of anilines is 1. The monoisotopic (exact) mass is 386 g/mol. The summed E-state index contributed by atoms with van der Waals surface area (Å²) < 4.78 is 15.6. The van der Waals surface area contributed by atoms with Gasteiger partial charge in [-0.3, -0.25) is 9.59 Å². The van der Waals surface area contributed by atoms with Crippen molar-refractivity contribution < 1.29 is 23.8 Å². The Morgan fingerprint density at radius 1 is 0.929 bits per heavy atom. The molecule has 0 radical (unpaired) electrons. The van der Waals surface area contributed by atoms with Crippen molar-refractivity contribution in [3.8, 4) is 17.2 Å². The first-order chi connectivity index (χ1) is 13.5. The van der Waals surface area contributed by atoms with Crippen molar-refractivity contribution in [3.63, 3.8) is 0 Å². The predicted molar refractivity (Wildman–Crippen MR) is 107 cm³/mol. The van der Waals surface area contributed by atoms with E-state index in [0.717, 1.165) is 11.3 Å². The Kier molecular flexibility index (Phi) is 7.68. The molecule has 0 aliphatic carbocycles. The molecule has 7 nitrogen and oxygen atoms in total. The molecular formula is C21H26N2O5. The van der Waals surface area contributed by atoms with E-state index in [1.165, 1.54) is 6.92 Å². The number of hydrogen-bond donors (Lipinski definition) is 1. The lowest BCUT2D eigenvalue weighted by molar-refractivity contribution is -0.129. The van der Waals surface area contributed by atoms with Crippen LogP contribution in [0.15, 0.2) is 42.5 Å². The number of nitrogens with one attached hydrogen (secondary N) is 1. The fourth-order valence-electron chi connectivity index (χ4n) is 2.68. The molecule has 0 aliphatic rings. The van der Waals surface area contributed by atoms with E-state index in [9.17, 15) is 9.59 Å². The van der Waals surface area contributed by atoms with Gasteiger partial charge in [-0.15, -0.1) is 0 Å². The number of carbonyl (C=O) groups is 2. The second-order valence-corrected chi connectivity index (χ2v) is 6.16. The van der Waals surface area contributed by atoms with Gasteiger partial charge in [-0.2, -0.15) is 0 Å². The van der Waals surface area contributed by atoms with Crippen LogP contribution < -0.4 is 19.5 Å². The Morgan fingerprint density at radius 3 is 2.18 bits per heavy atom. The molecule has 2 amide bonds. The van der Waals surface area contributed by atoms with Crippen LogP contribution in [0.3, 0.4) is 0 Å². The van der Waals surface area contributed by atoms with Gasteiger partial charge in [0.05, 0.1) is 21.3 Å². The first-order valence-corrected chi connectivity index (χ1v) is 8.87. The Balaban J connectivity index is 1.95. The highest BCUT2D eigenvalue weighted by atomic mass is 16.5. The molecule has 0 saturated carbocycles. The first-order valence-electron chi connectivity index (χ1n) is 8.87. The number of benzene rings is 2. The zero-order valence-electron chi connectivity index (χ0n) is 16.7. The third-order valence-electron chi connectivity index (χ3n) is 4.25. The summed E-state index contributed by atoms with van der Waals surface area (Å²) in [4.78, 5) is 25.8. The molecule has 2 aromatic rings. The van der Waals surface area contributed by atoms with Crippen LogP contribution in [0.2, 0.25) is 0 Å². The maximum atomic E-state index is 12.2. The third-order valence-corrected chi connectivity index (χ3v) is 4.25. The SMILES string of the molecule is COc1ccc(NC(=O)CCN(Cc2ccc(OC)c(OC)c2)C(C)=O)cc1. The van der Waals surface area contributed by atoms with E-state index in [4.69, 9.17) is 14.2 Å². The zero-order chi connectivity index (χ0) is 20.5. The van der Waals surface area contributed by atoms with Crippen molar-refractivity contribution in [3.05, 3.63) is 48.0 Å². The van der Waals surface area contributed by atoms with E-state index in [0.29, 0.717) is 30.3 Å². The summed E-state index contributed by atoms with van der Waals surface area (Å²) in [5.41, 5.74) is 1.57. The molecule has 2 rings (SSSR count). The maximum absolute atomic E-state index is 12.2. The van der Waals surface area contributed by atoms with Crippen LogP contribution in [0, 0.1) is 0 Å². The fourth-order valence-corrected chi connectivity index (χ4v) is 2.68.